The molecule has 1 aromatic carbocycles. The van der Waals surface area contributed by atoms with E-state index in [-0.39, 0.29) is 0 Å². The first-order valence-electron chi connectivity index (χ1n) is 6.05. The molecule has 0 aromatic heterocycles. The average Bonchev–Trinajstić information content (AvgIpc) is 2.54. The Labute approximate surface area is 116 Å². The van der Waals surface area contributed by atoms with Gasteiger partial charge in [0.2, 0.25) is 10.0 Å². The number of nitrogens with two attached hydrogens (primary N) is 1. The molecule has 4 nitrogen and oxygen atoms in total. The van der Waals surface area contributed by atoms with E-state index in [0.717, 1.165) is 25.7 Å². The largest absolute Gasteiger partial charge is 0.315 e. The third-order valence-corrected chi connectivity index (χ3v) is 6.11. The quantitative estimate of drug-likeness (QED) is 0.903. The maximum Gasteiger partial charge on any atom is 0.245 e. The second kappa shape index (κ2) is 5.69. The van der Waals surface area contributed by atoms with Crippen LogP contribution in [0.4, 0.5) is 0 Å². The summed E-state index contributed by atoms with van der Waals surface area (Å²) in [6.45, 7) is 0.505. The van der Waals surface area contributed by atoms with Crippen LogP contribution in [0.15, 0.2) is 33.6 Å². The van der Waals surface area contributed by atoms with Gasteiger partial charge in [0, 0.05) is 11.0 Å². The summed E-state index contributed by atoms with van der Waals surface area (Å²) in [5.41, 5.74) is 5.98. The van der Waals surface area contributed by atoms with Gasteiger partial charge < -0.3 is 5.73 Å². The van der Waals surface area contributed by atoms with Gasteiger partial charge in [-0.15, -0.1) is 0 Å². The molecule has 0 bridgehead atoms. The van der Waals surface area contributed by atoms with Crippen molar-refractivity contribution in [1.82, 2.24) is 4.31 Å². The molecule has 0 amide bonds. The van der Waals surface area contributed by atoms with E-state index >= 15 is 0 Å². The van der Waals surface area contributed by atoms with E-state index in [1.807, 2.05) is 0 Å². The highest BCUT2D eigenvalue weighted by molar-refractivity contribution is 9.10. The number of nitrogens with zero attached hydrogens (tertiary/aromatic N) is 1. The molecule has 1 aromatic rings. The van der Waals surface area contributed by atoms with Gasteiger partial charge in [-0.2, -0.15) is 4.31 Å². The fourth-order valence-electron chi connectivity index (χ4n) is 2.19. The summed E-state index contributed by atoms with van der Waals surface area (Å²) in [4.78, 5) is 0.294. The van der Waals surface area contributed by atoms with Gasteiger partial charge in [0.15, 0.2) is 0 Å². The molecule has 1 aliphatic rings. The Morgan fingerprint density at radius 3 is 2.67 bits per heavy atom. The van der Waals surface area contributed by atoms with Crippen molar-refractivity contribution in [3.63, 3.8) is 0 Å². The van der Waals surface area contributed by atoms with Gasteiger partial charge in [-0.05, 0) is 40.9 Å². The first-order valence-corrected chi connectivity index (χ1v) is 8.29. The molecule has 6 heteroatoms. The Balaban J connectivity index is 2.38. The second-order valence-corrected chi connectivity index (χ2v) is 7.18. The minimum absolute atomic E-state index is 0.294. The summed E-state index contributed by atoms with van der Waals surface area (Å²) >= 11 is 3.29. The van der Waals surface area contributed by atoms with Gasteiger partial charge in [-0.3, -0.25) is 0 Å². The van der Waals surface area contributed by atoms with Crippen molar-refractivity contribution < 1.29 is 8.42 Å². The molecule has 2 rings (SSSR count). The lowest BCUT2D eigenvalue weighted by Gasteiger charge is -2.26. The molecule has 1 unspecified atom stereocenters. The lowest BCUT2D eigenvalue weighted by molar-refractivity contribution is 0.329. The number of halogens is 1. The van der Waals surface area contributed by atoms with Gasteiger partial charge >= 0.3 is 0 Å². The maximum absolute atomic E-state index is 12.6. The van der Waals surface area contributed by atoms with Crippen LogP contribution in [0.2, 0.25) is 0 Å². The number of hydrogen-bond donors (Lipinski definition) is 1. The molecular weight excluding hydrogens is 316 g/mol. The molecule has 0 radical (unpaired) electrons. The highest BCUT2D eigenvalue weighted by atomic mass is 79.9. The van der Waals surface area contributed by atoms with E-state index in [1.165, 1.54) is 4.31 Å². The lowest BCUT2D eigenvalue weighted by Crippen LogP contribution is -2.45. The third kappa shape index (κ3) is 2.77. The molecule has 0 saturated carbocycles. The van der Waals surface area contributed by atoms with Crippen molar-refractivity contribution in [1.29, 1.82) is 0 Å². The topological polar surface area (TPSA) is 63.4 Å². The molecule has 1 heterocycles. The van der Waals surface area contributed by atoms with Crippen molar-refractivity contribution in [2.45, 2.75) is 36.7 Å². The SMILES string of the molecule is NC1CCCCCN1S(=O)(=O)c1ccccc1Br. The molecule has 1 atom stereocenters. The van der Waals surface area contributed by atoms with Crippen LogP contribution in [-0.2, 0) is 10.0 Å². The smallest absolute Gasteiger partial charge is 0.245 e. The van der Waals surface area contributed by atoms with Crippen LogP contribution in [0.25, 0.3) is 0 Å². The van der Waals surface area contributed by atoms with Crippen LogP contribution in [-0.4, -0.2) is 25.4 Å². The molecule has 1 saturated heterocycles. The van der Waals surface area contributed by atoms with Crippen molar-refractivity contribution in [2.75, 3.05) is 6.54 Å². The highest BCUT2D eigenvalue weighted by Crippen LogP contribution is 2.27. The van der Waals surface area contributed by atoms with E-state index in [1.54, 1.807) is 24.3 Å². The average molecular weight is 333 g/mol. The van der Waals surface area contributed by atoms with Gasteiger partial charge in [-0.1, -0.05) is 25.0 Å². The normalized spacial score (nSPS) is 22.7. The van der Waals surface area contributed by atoms with E-state index in [0.29, 0.717) is 15.9 Å². The Morgan fingerprint density at radius 2 is 1.94 bits per heavy atom. The van der Waals surface area contributed by atoms with Crippen molar-refractivity contribution >= 4 is 26.0 Å². The Morgan fingerprint density at radius 1 is 1.22 bits per heavy atom. The zero-order valence-electron chi connectivity index (χ0n) is 10.0. The fraction of sp³-hybridized carbons (Fsp3) is 0.500. The minimum Gasteiger partial charge on any atom is -0.315 e. The van der Waals surface area contributed by atoms with Crippen LogP contribution < -0.4 is 5.73 Å². The molecular formula is C12H17BrN2O2S. The van der Waals surface area contributed by atoms with E-state index in [2.05, 4.69) is 15.9 Å². The number of rotatable bonds is 2. The fourth-order valence-corrected chi connectivity index (χ4v) is 4.73. The first-order chi connectivity index (χ1) is 8.53. The second-order valence-electron chi connectivity index (χ2n) is 4.46. The molecule has 1 aliphatic heterocycles. The summed E-state index contributed by atoms with van der Waals surface area (Å²) in [7, 11) is -3.50. The molecule has 1 fully saturated rings. The van der Waals surface area contributed by atoms with Crippen molar-refractivity contribution in [2.24, 2.45) is 5.73 Å². The van der Waals surface area contributed by atoms with Crippen LogP contribution in [0.3, 0.4) is 0 Å². The molecule has 0 aliphatic carbocycles. The first kappa shape index (κ1) is 14.0. The minimum atomic E-state index is -3.50. The van der Waals surface area contributed by atoms with Gasteiger partial charge in [0.1, 0.15) is 0 Å². The third-order valence-electron chi connectivity index (χ3n) is 3.17. The Kier molecular flexibility index (Phi) is 4.42. The summed E-state index contributed by atoms with van der Waals surface area (Å²) in [5, 5.41) is 0. The monoisotopic (exact) mass is 332 g/mol. The van der Waals surface area contributed by atoms with Crippen LogP contribution in [0, 0.1) is 0 Å². The summed E-state index contributed by atoms with van der Waals surface area (Å²) in [6.07, 6.45) is 3.21. The number of sulfonamides is 1. The standard InChI is InChI=1S/C12H17BrN2O2S/c13-10-6-3-4-7-11(10)18(16,17)15-9-5-1-2-8-12(15)14/h3-4,6-7,12H,1-2,5,8-9,14H2. The van der Waals surface area contributed by atoms with Crippen molar-refractivity contribution in [3.8, 4) is 0 Å². The van der Waals surface area contributed by atoms with E-state index in [4.69, 9.17) is 5.73 Å². The maximum atomic E-state index is 12.6. The van der Waals surface area contributed by atoms with Crippen LogP contribution in [0.5, 0.6) is 0 Å². The Bertz CT molecular complexity index is 519. The Hall–Kier alpha value is -0.430. The number of benzene rings is 1. The van der Waals surface area contributed by atoms with E-state index in [9.17, 15) is 8.42 Å². The number of hydrogen-bond acceptors (Lipinski definition) is 3. The predicted molar refractivity (Wildman–Crippen MR) is 74.5 cm³/mol. The molecule has 2 N–H and O–H groups in total. The van der Waals surface area contributed by atoms with Gasteiger partial charge in [0.05, 0.1) is 11.1 Å². The molecule has 0 spiro atoms. The summed E-state index contributed by atoms with van der Waals surface area (Å²) in [6, 6.07) is 6.86. The molecule has 18 heavy (non-hydrogen) atoms. The lowest BCUT2D eigenvalue weighted by atomic mass is 10.2. The van der Waals surface area contributed by atoms with Crippen molar-refractivity contribution in [3.05, 3.63) is 28.7 Å². The van der Waals surface area contributed by atoms with E-state index < -0.39 is 16.2 Å². The zero-order chi connectivity index (χ0) is 13.2. The molecule has 100 valence electrons. The summed E-state index contributed by atoms with van der Waals surface area (Å²) < 4.78 is 27.2. The highest BCUT2D eigenvalue weighted by Gasteiger charge is 2.31. The summed E-state index contributed by atoms with van der Waals surface area (Å²) in [5.74, 6) is 0. The van der Waals surface area contributed by atoms with Gasteiger partial charge in [-0.25, -0.2) is 8.42 Å². The predicted octanol–water partition coefficient (Wildman–Crippen LogP) is 2.30. The van der Waals surface area contributed by atoms with Crippen LogP contribution in [0.1, 0.15) is 25.7 Å². The van der Waals surface area contributed by atoms with Gasteiger partial charge in [0.25, 0.3) is 0 Å². The van der Waals surface area contributed by atoms with Crippen LogP contribution >= 0.6 is 15.9 Å². The zero-order valence-corrected chi connectivity index (χ0v) is 12.5.